The Morgan fingerprint density at radius 2 is 1.88 bits per heavy atom. The number of ether oxygens (including phenoxy) is 2. The van der Waals surface area contributed by atoms with Crippen LogP contribution in [0.3, 0.4) is 0 Å². The summed E-state index contributed by atoms with van der Waals surface area (Å²) in [5.41, 5.74) is 0.129. The average molecular weight is 360 g/mol. The Balaban J connectivity index is 1.95. The number of hydrogen-bond acceptors (Lipinski definition) is 5. The van der Waals surface area contributed by atoms with E-state index in [2.05, 4.69) is 0 Å². The van der Waals surface area contributed by atoms with Crippen molar-refractivity contribution in [1.29, 1.82) is 0 Å². The van der Waals surface area contributed by atoms with Crippen molar-refractivity contribution >= 4 is 11.6 Å². The second-order valence-electron chi connectivity index (χ2n) is 5.72. The Morgan fingerprint density at radius 1 is 1.19 bits per heavy atom. The number of benzene rings is 2. The lowest BCUT2D eigenvalue weighted by atomic mass is 10.1. The van der Waals surface area contributed by atoms with Crippen LogP contribution in [0.25, 0.3) is 0 Å². The van der Waals surface area contributed by atoms with Gasteiger partial charge in [0.1, 0.15) is 5.82 Å². The van der Waals surface area contributed by atoms with E-state index in [1.165, 1.54) is 0 Å². The van der Waals surface area contributed by atoms with Crippen molar-refractivity contribution in [1.82, 2.24) is 4.90 Å². The van der Waals surface area contributed by atoms with E-state index in [9.17, 15) is 19.3 Å². The van der Waals surface area contributed by atoms with Gasteiger partial charge in [-0.1, -0.05) is 30.3 Å². The minimum atomic E-state index is -1.12. The Labute approximate surface area is 149 Å². The van der Waals surface area contributed by atoms with Crippen LogP contribution in [-0.2, 0) is 9.53 Å². The van der Waals surface area contributed by atoms with Crippen molar-refractivity contribution in [3.63, 3.8) is 0 Å². The lowest BCUT2D eigenvalue weighted by Crippen LogP contribution is -2.44. The van der Waals surface area contributed by atoms with Crippen LogP contribution in [0.5, 0.6) is 5.75 Å². The Morgan fingerprint density at radius 3 is 2.54 bits per heavy atom. The van der Waals surface area contributed by atoms with Crippen molar-refractivity contribution in [2.45, 2.75) is 6.10 Å². The molecule has 0 aliphatic carbocycles. The highest BCUT2D eigenvalue weighted by atomic mass is 19.1. The second kappa shape index (κ2) is 7.92. The van der Waals surface area contributed by atoms with Crippen LogP contribution in [0, 0.1) is 15.9 Å². The molecule has 136 valence electrons. The fraction of sp³-hybridized carbons (Fsp3) is 0.278. The largest absolute Gasteiger partial charge is 0.468 e. The topological polar surface area (TPSA) is 81.9 Å². The molecule has 2 aromatic carbocycles. The van der Waals surface area contributed by atoms with Gasteiger partial charge in [0.05, 0.1) is 18.1 Å². The van der Waals surface area contributed by atoms with Crippen molar-refractivity contribution in [3.05, 3.63) is 70.0 Å². The van der Waals surface area contributed by atoms with Gasteiger partial charge < -0.3 is 14.4 Å². The summed E-state index contributed by atoms with van der Waals surface area (Å²) in [6.45, 7) is 1.62. The molecule has 1 fully saturated rings. The molecule has 0 radical (unpaired) electrons. The van der Waals surface area contributed by atoms with Gasteiger partial charge in [-0.2, -0.15) is 0 Å². The maximum absolute atomic E-state index is 13.6. The van der Waals surface area contributed by atoms with E-state index in [0.29, 0.717) is 31.9 Å². The summed E-state index contributed by atoms with van der Waals surface area (Å²) in [5.74, 6) is -1.32. The summed E-state index contributed by atoms with van der Waals surface area (Å²) in [5, 5.41) is 11.2. The number of amides is 1. The molecule has 0 bridgehead atoms. The molecule has 1 atom stereocenters. The van der Waals surface area contributed by atoms with E-state index in [1.807, 2.05) is 0 Å². The van der Waals surface area contributed by atoms with Gasteiger partial charge >= 0.3 is 5.69 Å². The number of nitrogens with zero attached hydrogens (tertiary/aromatic N) is 2. The molecule has 0 spiro atoms. The third kappa shape index (κ3) is 3.97. The monoisotopic (exact) mass is 360 g/mol. The SMILES string of the molecule is O=C([C@H](Oc1cc(F)ccc1[N+](=O)[O-])c1ccccc1)N1CCOCC1. The highest BCUT2D eigenvalue weighted by Crippen LogP contribution is 2.32. The molecule has 8 heteroatoms. The first-order valence-corrected chi connectivity index (χ1v) is 8.08. The van der Waals surface area contributed by atoms with Crippen LogP contribution < -0.4 is 4.74 Å². The Hall–Kier alpha value is -3.00. The molecule has 0 saturated carbocycles. The summed E-state index contributed by atoms with van der Waals surface area (Å²) < 4.78 is 24.5. The molecule has 1 aliphatic heterocycles. The van der Waals surface area contributed by atoms with Gasteiger partial charge in [-0.05, 0) is 6.07 Å². The fourth-order valence-electron chi connectivity index (χ4n) is 2.70. The predicted octanol–water partition coefficient (Wildman–Crippen LogP) is 2.71. The van der Waals surface area contributed by atoms with Crippen molar-refractivity contribution < 1.29 is 23.6 Å². The first-order valence-electron chi connectivity index (χ1n) is 8.08. The molecule has 0 N–H and O–H groups in total. The zero-order chi connectivity index (χ0) is 18.5. The molecular weight excluding hydrogens is 343 g/mol. The third-order valence-electron chi connectivity index (χ3n) is 4.01. The lowest BCUT2D eigenvalue weighted by molar-refractivity contribution is -0.386. The summed E-state index contributed by atoms with van der Waals surface area (Å²) in [7, 11) is 0. The van der Waals surface area contributed by atoms with Crippen LogP contribution >= 0.6 is 0 Å². The number of hydrogen-bond donors (Lipinski definition) is 0. The van der Waals surface area contributed by atoms with Crippen LogP contribution in [0.15, 0.2) is 48.5 Å². The van der Waals surface area contributed by atoms with Crippen LogP contribution in [-0.4, -0.2) is 42.0 Å². The molecule has 7 nitrogen and oxygen atoms in total. The lowest BCUT2D eigenvalue weighted by Gasteiger charge is -2.30. The van der Waals surface area contributed by atoms with E-state index in [-0.39, 0.29) is 11.7 Å². The standard InChI is InChI=1S/C18H17FN2O5/c19-14-6-7-15(21(23)24)16(12-14)26-17(13-4-2-1-3-5-13)18(22)20-8-10-25-11-9-20/h1-7,12,17H,8-11H2/t17-/m1/s1. The average Bonchev–Trinajstić information content (AvgIpc) is 2.67. The van der Waals surface area contributed by atoms with Crippen molar-refractivity contribution in [2.75, 3.05) is 26.3 Å². The predicted molar refractivity (Wildman–Crippen MR) is 90.3 cm³/mol. The number of nitro groups is 1. The number of carbonyl (C=O) groups excluding carboxylic acids is 1. The zero-order valence-corrected chi connectivity index (χ0v) is 13.8. The smallest absolute Gasteiger partial charge is 0.311 e. The third-order valence-corrected chi connectivity index (χ3v) is 4.01. The van der Waals surface area contributed by atoms with Gasteiger partial charge in [-0.25, -0.2) is 4.39 Å². The van der Waals surface area contributed by atoms with E-state index >= 15 is 0 Å². The van der Waals surface area contributed by atoms with E-state index < -0.39 is 22.5 Å². The Kier molecular flexibility index (Phi) is 5.43. The molecule has 0 aromatic heterocycles. The summed E-state index contributed by atoms with van der Waals surface area (Å²) >= 11 is 0. The summed E-state index contributed by atoms with van der Waals surface area (Å²) in [6.07, 6.45) is -1.12. The molecule has 1 heterocycles. The van der Waals surface area contributed by atoms with Gasteiger partial charge in [-0.15, -0.1) is 0 Å². The Bertz CT molecular complexity index is 793. The van der Waals surface area contributed by atoms with Crippen LogP contribution in [0.4, 0.5) is 10.1 Å². The van der Waals surface area contributed by atoms with E-state index in [0.717, 1.165) is 18.2 Å². The second-order valence-corrected chi connectivity index (χ2v) is 5.72. The number of morpholine rings is 1. The number of nitro benzene ring substituents is 1. The maximum atomic E-state index is 13.6. The first-order chi connectivity index (χ1) is 12.6. The van der Waals surface area contributed by atoms with Crippen molar-refractivity contribution in [3.8, 4) is 5.75 Å². The first kappa shape index (κ1) is 17.8. The van der Waals surface area contributed by atoms with Gasteiger partial charge in [0.15, 0.2) is 0 Å². The molecule has 26 heavy (non-hydrogen) atoms. The molecule has 2 aromatic rings. The van der Waals surface area contributed by atoms with Gasteiger partial charge in [-0.3, -0.25) is 14.9 Å². The molecule has 1 saturated heterocycles. The maximum Gasteiger partial charge on any atom is 0.311 e. The molecule has 1 amide bonds. The van der Waals surface area contributed by atoms with E-state index in [1.54, 1.807) is 35.2 Å². The highest BCUT2D eigenvalue weighted by molar-refractivity contribution is 5.83. The highest BCUT2D eigenvalue weighted by Gasteiger charge is 2.31. The van der Waals surface area contributed by atoms with E-state index in [4.69, 9.17) is 9.47 Å². The summed E-state index contributed by atoms with van der Waals surface area (Å²) in [4.78, 5) is 25.1. The van der Waals surface area contributed by atoms with Crippen LogP contribution in [0.2, 0.25) is 0 Å². The summed E-state index contributed by atoms with van der Waals surface area (Å²) in [6, 6.07) is 11.5. The molecular formula is C18H17FN2O5. The quantitative estimate of drug-likeness (QED) is 0.605. The normalized spacial score (nSPS) is 15.3. The van der Waals surface area contributed by atoms with Gasteiger partial charge in [0, 0.05) is 30.8 Å². The minimum Gasteiger partial charge on any atom is -0.468 e. The fourth-order valence-corrected chi connectivity index (χ4v) is 2.70. The van der Waals surface area contributed by atoms with Crippen molar-refractivity contribution in [2.24, 2.45) is 0 Å². The van der Waals surface area contributed by atoms with Crippen LogP contribution in [0.1, 0.15) is 11.7 Å². The molecule has 1 aliphatic rings. The molecule has 3 rings (SSSR count). The number of carbonyl (C=O) groups is 1. The number of rotatable bonds is 5. The van der Waals surface area contributed by atoms with Gasteiger partial charge in [0.25, 0.3) is 5.91 Å². The molecule has 0 unspecified atom stereocenters. The van der Waals surface area contributed by atoms with Gasteiger partial charge in [0.2, 0.25) is 11.9 Å². The zero-order valence-electron chi connectivity index (χ0n) is 13.8. The minimum absolute atomic E-state index is 0.287. The number of halogens is 1.